The number of carbonyl (C=O) groups excluding carboxylic acids is 2. The van der Waals surface area contributed by atoms with Crippen molar-refractivity contribution in [2.24, 2.45) is 0 Å². The molecule has 0 saturated carbocycles. The zero-order valence-electron chi connectivity index (χ0n) is 15.7. The first-order valence-electron chi connectivity index (χ1n) is 8.95. The maximum Gasteiger partial charge on any atom is 0.262 e. The molecule has 2 amide bonds. The fourth-order valence-corrected chi connectivity index (χ4v) is 3.66. The summed E-state index contributed by atoms with van der Waals surface area (Å²) in [4.78, 5) is 25.1. The fraction of sp³-hybridized carbons (Fsp3) is 0.0909. The predicted octanol–water partition coefficient (Wildman–Crippen LogP) is 5.74. The molecule has 0 heterocycles. The van der Waals surface area contributed by atoms with E-state index in [-0.39, 0.29) is 24.2 Å². The number of hydrogen-bond acceptors (Lipinski definition) is 4. The van der Waals surface area contributed by atoms with Crippen LogP contribution in [0.4, 0.5) is 11.4 Å². The van der Waals surface area contributed by atoms with Crippen LogP contribution in [-0.4, -0.2) is 24.2 Å². The van der Waals surface area contributed by atoms with Gasteiger partial charge in [-0.15, -0.1) is 11.8 Å². The highest BCUT2D eigenvalue weighted by Gasteiger charge is 2.09. The summed E-state index contributed by atoms with van der Waals surface area (Å²) < 4.78 is 5.43. The van der Waals surface area contributed by atoms with Crippen molar-refractivity contribution in [3.8, 4) is 5.75 Å². The first kappa shape index (κ1) is 22.0. The van der Waals surface area contributed by atoms with Crippen molar-refractivity contribution >= 4 is 58.2 Å². The van der Waals surface area contributed by atoms with E-state index in [2.05, 4.69) is 10.6 Å². The molecule has 3 aromatic rings. The van der Waals surface area contributed by atoms with E-state index in [1.807, 2.05) is 30.3 Å². The molecule has 0 aliphatic heterocycles. The van der Waals surface area contributed by atoms with Crippen LogP contribution >= 0.6 is 35.0 Å². The van der Waals surface area contributed by atoms with Gasteiger partial charge in [0, 0.05) is 15.6 Å². The molecule has 0 atom stereocenters. The van der Waals surface area contributed by atoms with E-state index >= 15 is 0 Å². The molecule has 154 valence electrons. The molecular formula is C22H18Cl2N2O3S. The number of anilines is 2. The van der Waals surface area contributed by atoms with Crippen molar-refractivity contribution in [2.75, 3.05) is 23.0 Å². The number of halogens is 2. The van der Waals surface area contributed by atoms with Crippen LogP contribution < -0.4 is 15.4 Å². The summed E-state index contributed by atoms with van der Waals surface area (Å²) in [6.07, 6.45) is 0. The van der Waals surface area contributed by atoms with Crippen molar-refractivity contribution in [1.29, 1.82) is 0 Å². The number of hydrogen-bond donors (Lipinski definition) is 2. The molecule has 3 rings (SSSR count). The van der Waals surface area contributed by atoms with Crippen LogP contribution in [0.15, 0.2) is 77.7 Å². The van der Waals surface area contributed by atoms with E-state index in [1.165, 1.54) is 11.8 Å². The topological polar surface area (TPSA) is 67.4 Å². The zero-order chi connectivity index (χ0) is 21.3. The number of nitrogens with one attached hydrogen (secondary N) is 2. The highest BCUT2D eigenvalue weighted by atomic mass is 35.5. The molecule has 0 unspecified atom stereocenters. The van der Waals surface area contributed by atoms with Gasteiger partial charge < -0.3 is 15.4 Å². The Bertz CT molecular complexity index is 1030. The lowest BCUT2D eigenvalue weighted by atomic mass is 10.3. The molecule has 0 saturated heterocycles. The van der Waals surface area contributed by atoms with Crippen molar-refractivity contribution in [3.05, 3.63) is 82.8 Å². The van der Waals surface area contributed by atoms with Gasteiger partial charge >= 0.3 is 0 Å². The second-order valence-corrected chi connectivity index (χ2v) is 8.03. The quantitative estimate of drug-likeness (QED) is 0.420. The molecule has 0 bridgehead atoms. The van der Waals surface area contributed by atoms with Crippen LogP contribution in [0.2, 0.25) is 10.0 Å². The second-order valence-electron chi connectivity index (χ2n) is 6.14. The van der Waals surface area contributed by atoms with Gasteiger partial charge in [-0.3, -0.25) is 9.59 Å². The molecule has 5 nitrogen and oxygen atoms in total. The Labute approximate surface area is 188 Å². The van der Waals surface area contributed by atoms with Crippen LogP contribution in [-0.2, 0) is 9.59 Å². The van der Waals surface area contributed by atoms with Gasteiger partial charge in [-0.2, -0.15) is 0 Å². The first-order valence-corrected chi connectivity index (χ1v) is 10.7. The SMILES string of the molecule is O=C(COc1ccccc1)Nc1cccc(SCC(=O)Nc2ccc(Cl)cc2Cl)c1. The van der Waals surface area contributed by atoms with Crippen LogP contribution in [0.25, 0.3) is 0 Å². The number of carbonyl (C=O) groups is 2. The van der Waals surface area contributed by atoms with Gasteiger partial charge in [0.2, 0.25) is 5.91 Å². The molecule has 30 heavy (non-hydrogen) atoms. The van der Waals surface area contributed by atoms with Gasteiger partial charge in [0.25, 0.3) is 5.91 Å². The summed E-state index contributed by atoms with van der Waals surface area (Å²) in [5, 5.41) is 6.41. The van der Waals surface area contributed by atoms with Gasteiger partial charge in [0.05, 0.1) is 16.5 Å². The first-order chi connectivity index (χ1) is 14.5. The molecule has 3 aromatic carbocycles. The lowest BCUT2D eigenvalue weighted by Crippen LogP contribution is -2.20. The number of ether oxygens (including phenoxy) is 1. The number of benzene rings is 3. The predicted molar refractivity (Wildman–Crippen MR) is 123 cm³/mol. The highest BCUT2D eigenvalue weighted by Crippen LogP contribution is 2.26. The van der Waals surface area contributed by atoms with Crippen LogP contribution in [0.1, 0.15) is 0 Å². The fourth-order valence-electron chi connectivity index (χ4n) is 2.45. The summed E-state index contributed by atoms with van der Waals surface area (Å²) in [7, 11) is 0. The normalized spacial score (nSPS) is 10.3. The van der Waals surface area contributed by atoms with Crippen molar-refractivity contribution in [1.82, 2.24) is 0 Å². The van der Waals surface area contributed by atoms with Crippen molar-refractivity contribution in [3.63, 3.8) is 0 Å². The Balaban J connectivity index is 1.48. The highest BCUT2D eigenvalue weighted by molar-refractivity contribution is 8.00. The second kappa shape index (κ2) is 10.9. The maximum atomic E-state index is 12.2. The lowest BCUT2D eigenvalue weighted by molar-refractivity contribution is -0.118. The number of amides is 2. The Hall–Kier alpha value is -2.67. The van der Waals surface area contributed by atoms with Gasteiger partial charge in [-0.1, -0.05) is 47.5 Å². The van der Waals surface area contributed by atoms with Gasteiger partial charge in [0.15, 0.2) is 6.61 Å². The monoisotopic (exact) mass is 460 g/mol. The standard InChI is InChI=1S/C22H18Cl2N2O3S/c23-15-9-10-20(19(24)11-15)26-22(28)14-30-18-8-4-5-16(12-18)25-21(27)13-29-17-6-2-1-3-7-17/h1-12H,13-14H2,(H,25,27)(H,26,28). The largest absolute Gasteiger partial charge is 0.484 e. The number of rotatable bonds is 8. The zero-order valence-corrected chi connectivity index (χ0v) is 18.1. The van der Waals surface area contributed by atoms with Crippen LogP contribution in [0, 0.1) is 0 Å². The van der Waals surface area contributed by atoms with Crippen LogP contribution in [0.3, 0.4) is 0 Å². The summed E-state index contributed by atoms with van der Waals surface area (Å²) >= 11 is 13.3. The smallest absolute Gasteiger partial charge is 0.262 e. The summed E-state index contributed by atoms with van der Waals surface area (Å²) in [6.45, 7) is -0.0916. The summed E-state index contributed by atoms with van der Waals surface area (Å²) in [5.41, 5.74) is 1.13. The lowest BCUT2D eigenvalue weighted by Gasteiger charge is -2.09. The third kappa shape index (κ3) is 6.99. The van der Waals surface area contributed by atoms with E-state index in [0.717, 1.165) is 4.90 Å². The van der Waals surface area contributed by atoms with E-state index in [0.29, 0.717) is 27.2 Å². The molecule has 0 spiro atoms. The minimum atomic E-state index is -0.267. The Kier molecular flexibility index (Phi) is 8.02. The van der Waals surface area contributed by atoms with Crippen molar-refractivity contribution in [2.45, 2.75) is 4.90 Å². The Morgan fingerprint density at radius 3 is 2.43 bits per heavy atom. The molecule has 8 heteroatoms. The van der Waals surface area contributed by atoms with Gasteiger partial charge in [-0.05, 0) is 48.5 Å². The van der Waals surface area contributed by atoms with Gasteiger partial charge in [0.1, 0.15) is 5.75 Å². The number of para-hydroxylation sites is 1. The minimum absolute atomic E-state index is 0.0916. The summed E-state index contributed by atoms with van der Waals surface area (Å²) in [5.74, 6) is 0.350. The van der Waals surface area contributed by atoms with E-state index < -0.39 is 0 Å². The maximum absolute atomic E-state index is 12.2. The van der Waals surface area contributed by atoms with E-state index in [1.54, 1.807) is 42.5 Å². The van der Waals surface area contributed by atoms with Gasteiger partial charge in [-0.25, -0.2) is 0 Å². The Morgan fingerprint density at radius 2 is 1.67 bits per heavy atom. The molecule has 2 N–H and O–H groups in total. The molecule has 0 aliphatic rings. The Morgan fingerprint density at radius 1 is 0.867 bits per heavy atom. The third-order valence-corrected chi connectivity index (χ3v) is 5.35. The molecule has 0 fully saturated rings. The third-order valence-electron chi connectivity index (χ3n) is 3.81. The average Bonchev–Trinajstić information content (AvgIpc) is 2.74. The molecule has 0 aromatic heterocycles. The van der Waals surface area contributed by atoms with E-state index in [9.17, 15) is 9.59 Å². The van der Waals surface area contributed by atoms with Crippen LogP contribution in [0.5, 0.6) is 5.75 Å². The molecule has 0 radical (unpaired) electrons. The molecular weight excluding hydrogens is 443 g/mol. The molecule has 0 aliphatic carbocycles. The van der Waals surface area contributed by atoms with E-state index in [4.69, 9.17) is 27.9 Å². The number of thioether (sulfide) groups is 1. The minimum Gasteiger partial charge on any atom is -0.484 e. The summed E-state index contributed by atoms with van der Waals surface area (Å²) in [6, 6.07) is 21.2. The van der Waals surface area contributed by atoms with Crippen molar-refractivity contribution < 1.29 is 14.3 Å². The average molecular weight is 461 g/mol.